The second-order valence-corrected chi connectivity index (χ2v) is 3.97. The SMILES string of the molecule is N=C(N)NCC1(C(N)=O)CCCCC1. The summed E-state index contributed by atoms with van der Waals surface area (Å²) < 4.78 is 0. The van der Waals surface area contributed by atoms with Crippen molar-refractivity contribution < 1.29 is 4.79 Å². The Morgan fingerprint density at radius 1 is 1.29 bits per heavy atom. The lowest BCUT2D eigenvalue weighted by Gasteiger charge is -2.34. The molecule has 1 amide bonds. The summed E-state index contributed by atoms with van der Waals surface area (Å²) in [6.45, 7) is 0.400. The van der Waals surface area contributed by atoms with Gasteiger partial charge in [0.05, 0.1) is 5.41 Å². The first-order chi connectivity index (χ1) is 6.57. The summed E-state index contributed by atoms with van der Waals surface area (Å²) in [5.74, 6) is -0.373. The highest BCUT2D eigenvalue weighted by molar-refractivity contribution is 5.82. The zero-order chi connectivity index (χ0) is 10.6. The van der Waals surface area contributed by atoms with Gasteiger partial charge in [-0.3, -0.25) is 10.2 Å². The quantitative estimate of drug-likeness (QED) is 0.376. The molecule has 0 aromatic rings. The fourth-order valence-electron chi connectivity index (χ4n) is 2.00. The van der Waals surface area contributed by atoms with Crippen LogP contribution in [0.15, 0.2) is 0 Å². The molecule has 0 aromatic heterocycles. The van der Waals surface area contributed by atoms with Gasteiger partial charge >= 0.3 is 0 Å². The summed E-state index contributed by atoms with van der Waals surface area (Å²) in [5.41, 5.74) is 10.1. The van der Waals surface area contributed by atoms with Crippen molar-refractivity contribution in [3.63, 3.8) is 0 Å². The van der Waals surface area contributed by atoms with Crippen LogP contribution in [0.3, 0.4) is 0 Å². The highest BCUT2D eigenvalue weighted by atomic mass is 16.1. The number of carbonyl (C=O) groups excluding carboxylic acids is 1. The third-order valence-electron chi connectivity index (χ3n) is 2.95. The lowest BCUT2D eigenvalue weighted by molar-refractivity contribution is -0.129. The molecule has 1 rings (SSSR count). The van der Waals surface area contributed by atoms with E-state index in [1.807, 2.05) is 0 Å². The van der Waals surface area contributed by atoms with E-state index in [9.17, 15) is 4.79 Å². The summed E-state index contributed by atoms with van der Waals surface area (Å²) in [6.07, 6.45) is 4.84. The Balaban J connectivity index is 2.60. The smallest absolute Gasteiger partial charge is 0.225 e. The van der Waals surface area contributed by atoms with Gasteiger partial charge in [-0.2, -0.15) is 0 Å². The van der Waals surface area contributed by atoms with Crippen molar-refractivity contribution in [1.82, 2.24) is 5.32 Å². The number of nitrogens with two attached hydrogens (primary N) is 2. The van der Waals surface area contributed by atoms with Gasteiger partial charge in [-0.25, -0.2) is 0 Å². The molecule has 1 saturated carbocycles. The van der Waals surface area contributed by atoms with E-state index in [-0.39, 0.29) is 11.9 Å². The average Bonchev–Trinajstić information content (AvgIpc) is 2.16. The maximum atomic E-state index is 11.4. The third kappa shape index (κ3) is 2.37. The fourth-order valence-corrected chi connectivity index (χ4v) is 2.00. The van der Waals surface area contributed by atoms with Crippen LogP contribution in [0.5, 0.6) is 0 Å². The van der Waals surface area contributed by atoms with E-state index in [2.05, 4.69) is 5.32 Å². The van der Waals surface area contributed by atoms with Gasteiger partial charge in [-0.05, 0) is 12.8 Å². The maximum Gasteiger partial charge on any atom is 0.225 e. The Kier molecular flexibility index (Phi) is 3.33. The summed E-state index contributed by atoms with van der Waals surface area (Å²) in [5, 5.41) is 9.75. The minimum atomic E-state index is -0.482. The number of hydrogen-bond acceptors (Lipinski definition) is 2. The molecular weight excluding hydrogens is 180 g/mol. The van der Waals surface area contributed by atoms with Gasteiger partial charge in [0.25, 0.3) is 0 Å². The number of amides is 1. The van der Waals surface area contributed by atoms with Gasteiger partial charge in [0.15, 0.2) is 5.96 Å². The molecule has 0 spiro atoms. The lowest BCUT2D eigenvalue weighted by Crippen LogP contribution is -2.48. The van der Waals surface area contributed by atoms with Gasteiger partial charge in [-0.15, -0.1) is 0 Å². The normalized spacial score (nSPS) is 20.0. The summed E-state index contributed by atoms with van der Waals surface area (Å²) in [4.78, 5) is 11.4. The van der Waals surface area contributed by atoms with Crippen molar-refractivity contribution in [3.8, 4) is 0 Å². The van der Waals surface area contributed by atoms with Gasteiger partial charge < -0.3 is 16.8 Å². The zero-order valence-electron chi connectivity index (χ0n) is 8.31. The van der Waals surface area contributed by atoms with Gasteiger partial charge in [0.1, 0.15) is 0 Å². The van der Waals surface area contributed by atoms with Crippen LogP contribution in [0.2, 0.25) is 0 Å². The topological polar surface area (TPSA) is 105 Å². The molecule has 0 radical (unpaired) electrons. The molecule has 0 unspecified atom stereocenters. The largest absolute Gasteiger partial charge is 0.370 e. The second-order valence-electron chi connectivity index (χ2n) is 3.97. The molecular formula is C9H18N4O. The molecule has 6 N–H and O–H groups in total. The van der Waals surface area contributed by atoms with Gasteiger partial charge in [0, 0.05) is 6.54 Å². The Labute approximate surface area is 83.7 Å². The molecule has 0 bridgehead atoms. The molecule has 1 fully saturated rings. The van der Waals surface area contributed by atoms with E-state index in [4.69, 9.17) is 16.9 Å². The molecule has 0 aliphatic heterocycles. The molecule has 0 saturated heterocycles. The molecule has 5 heteroatoms. The van der Waals surface area contributed by atoms with Crippen LogP contribution >= 0.6 is 0 Å². The van der Waals surface area contributed by atoms with Crippen molar-refractivity contribution in [2.24, 2.45) is 16.9 Å². The van der Waals surface area contributed by atoms with E-state index < -0.39 is 5.41 Å². The minimum absolute atomic E-state index is 0.101. The van der Waals surface area contributed by atoms with E-state index in [0.29, 0.717) is 6.54 Å². The Hall–Kier alpha value is -1.26. The third-order valence-corrected chi connectivity index (χ3v) is 2.95. The highest BCUT2D eigenvalue weighted by Gasteiger charge is 2.37. The van der Waals surface area contributed by atoms with Gasteiger partial charge in [0.2, 0.25) is 5.91 Å². The summed E-state index contributed by atoms with van der Waals surface area (Å²) in [7, 11) is 0. The van der Waals surface area contributed by atoms with Crippen molar-refractivity contribution >= 4 is 11.9 Å². The van der Waals surface area contributed by atoms with Crippen molar-refractivity contribution in [2.45, 2.75) is 32.1 Å². The van der Waals surface area contributed by atoms with Crippen LogP contribution in [0.25, 0.3) is 0 Å². The average molecular weight is 198 g/mol. The molecule has 80 valence electrons. The standard InChI is InChI=1S/C9H18N4O/c10-7(14)9(6-13-8(11)12)4-2-1-3-5-9/h1-6H2,(H2,10,14)(H4,11,12,13). The van der Waals surface area contributed by atoms with Crippen LogP contribution in [0, 0.1) is 10.8 Å². The Morgan fingerprint density at radius 2 is 1.86 bits per heavy atom. The van der Waals surface area contributed by atoms with E-state index in [1.54, 1.807) is 0 Å². The van der Waals surface area contributed by atoms with E-state index >= 15 is 0 Å². The van der Waals surface area contributed by atoms with Crippen LogP contribution < -0.4 is 16.8 Å². The summed E-state index contributed by atoms with van der Waals surface area (Å²) in [6, 6.07) is 0. The first kappa shape index (κ1) is 10.8. The second kappa shape index (κ2) is 4.30. The number of nitrogens with one attached hydrogen (secondary N) is 2. The molecule has 0 aromatic carbocycles. The first-order valence-electron chi connectivity index (χ1n) is 4.95. The first-order valence-corrected chi connectivity index (χ1v) is 4.95. The van der Waals surface area contributed by atoms with Crippen LogP contribution in [0.4, 0.5) is 0 Å². The molecule has 0 heterocycles. The molecule has 0 atom stereocenters. The number of hydrogen-bond donors (Lipinski definition) is 4. The number of rotatable bonds is 3. The number of guanidine groups is 1. The zero-order valence-corrected chi connectivity index (χ0v) is 8.31. The molecule has 5 nitrogen and oxygen atoms in total. The maximum absolute atomic E-state index is 11.4. The highest BCUT2D eigenvalue weighted by Crippen LogP contribution is 2.35. The van der Waals surface area contributed by atoms with Crippen LogP contribution in [0.1, 0.15) is 32.1 Å². The van der Waals surface area contributed by atoms with Crippen LogP contribution in [-0.2, 0) is 4.79 Å². The van der Waals surface area contributed by atoms with Crippen molar-refractivity contribution in [3.05, 3.63) is 0 Å². The molecule has 1 aliphatic rings. The Morgan fingerprint density at radius 3 is 2.29 bits per heavy atom. The van der Waals surface area contributed by atoms with Crippen molar-refractivity contribution in [1.29, 1.82) is 5.41 Å². The van der Waals surface area contributed by atoms with Gasteiger partial charge in [-0.1, -0.05) is 19.3 Å². The van der Waals surface area contributed by atoms with Crippen LogP contribution in [-0.4, -0.2) is 18.4 Å². The summed E-state index contributed by atoms with van der Waals surface area (Å²) >= 11 is 0. The minimum Gasteiger partial charge on any atom is -0.370 e. The molecule has 14 heavy (non-hydrogen) atoms. The van der Waals surface area contributed by atoms with E-state index in [0.717, 1.165) is 32.1 Å². The van der Waals surface area contributed by atoms with E-state index in [1.165, 1.54) is 0 Å². The predicted molar refractivity (Wildman–Crippen MR) is 54.6 cm³/mol. The lowest BCUT2D eigenvalue weighted by atomic mass is 9.73. The monoisotopic (exact) mass is 198 g/mol. The predicted octanol–water partition coefficient (Wildman–Crippen LogP) is -0.0947. The number of carbonyl (C=O) groups is 1. The number of primary amides is 1. The fraction of sp³-hybridized carbons (Fsp3) is 0.778. The Bertz CT molecular complexity index is 233. The van der Waals surface area contributed by atoms with Crippen molar-refractivity contribution in [2.75, 3.05) is 6.54 Å². The molecule has 1 aliphatic carbocycles.